The number of imidazole rings is 1. The van der Waals surface area contributed by atoms with E-state index >= 15 is 0 Å². The number of hydrogen-bond donors (Lipinski definition) is 0. The van der Waals surface area contributed by atoms with Crippen LogP contribution in [0.3, 0.4) is 0 Å². The highest BCUT2D eigenvalue weighted by atomic mass is 16.3. The van der Waals surface area contributed by atoms with Crippen LogP contribution in [-0.4, -0.2) is 4.57 Å². The van der Waals surface area contributed by atoms with E-state index in [1.54, 1.807) is 0 Å². The van der Waals surface area contributed by atoms with Gasteiger partial charge in [0.25, 0.3) is 5.82 Å². The summed E-state index contributed by atoms with van der Waals surface area (Å²) in [5.74, 6) is 1.13. The van der Waals surface area contributed by atoms with Gasteiger partial charge in [0.15, 0.2) is 16.6 Å². The van der Waals surface area contributed by atoms with Gasteiger partial charge in [-0.05, 0) is 42.8 Å². The fourth-order valence-corrected chi connectivity index (χ4v) is 5.30. The molecule has 0 N–H and O–H groups in total. The lowest BCUT2D eigenvalue weighted by molar-refractivity contribution is -0.634. The molecule has 0 amide bonds. The maximum absolute atomic E-state index is 6.72. The van der Waals surface area contributed by atoms with E-state index in [4.69, 9.17) is 8.83 Å². The Kier molecular flexibility index (Phi) is 3.31. The van der Waals surface area contributed by atoms with Crippen LogP contribution in [-0.2, 0) is 14.1 Å². The van der Waals surface area contributed by atoms with Gasteiger partial charge in [0.05, 0.1) is 19.5 Å². The molecular formula is C28H21N2O2+. The molecule has 4 nitrogen and oxygen atoms in total. The Labute approximate surface area is 183 Å². The summed E-state index contributed by atoms with van der Waals surface area (Å²) in [6.07, 6.45) is 0. The third-order valence-electron chi connectivity index (χ3n) is 6.82. The fourth-order valence-electron chi connectivity index (χ4n) is 5.30. The number of hydrogen-bond acceptors (Lipinski definition) is 2. The van der Waals surface area contributed by atoms with Crippen molar-refractivity contribution >= 4 is 54.9 Å². The van der Waals surface area contributed by atoms with Gasteiger partial charge in [-0.1, -0.05) is 42.5 Å². The van der Waals surface area contributed by atoms with Gasteiger partial charge in [0, 0.05) is 16.2 Å². The summed E-state index contributed by atoms with van der Waals surface area (Å²) in [5, 5.41) is 4.36. The van der Waals surface area contributed by atoms with Gasteiger partial charge < -0.3 is 8.83 Å². The average molecular weight is 417 g/mol. The van der Waals surface area contributed by atoms with E-state index in [1.165, 1.54) is 16.6 Å². The lowest BCUT2D eigenvalue weighted by Crippen LogP contribution is -2.30. The largest absolute Gasteiger partial charge is 0.456 e. The van der Waals surface area contributed by atoms with Crippen molar-refractivity contribution in [2.45, 2.75) is 6.92 Å². The number of aryl methyl sites for hydroxylation is 3. The summed E-state index contributed by atoms with van der Waals surface area (Å²) in [7, 11) is 4.25. The molecule has 7 rings (SSSR count). The Morgan fingerprint density at radius 2 is 1.47 bits per heavy atom. The fraction of sp³-hybridized carbons (Fsp3) is 0.107. The van der Waals surface area contributed by atoms with Crippen LogP contribution in [0.4, 0.5) is 0 Å². The number of fused-ring (bicyclic) bond motifs is 8. The second kappa shape index (κ2) is 6.01. The highest BCUT2D eigenvalue weighted by molar-refractivity contribution is 6.23. The first-order chi connectivity index (χ1) is 15.6. The van der Waals surface area contributed by atoms with E-state index in [9.17, 15) is 0 Å². The van der Waals surface area contributed by atoms with Crippen LogP contribution in [0.5, 0.6) is 0 Å². The van der Waals surface area contributed by atoms with E-state index in [1.807, 2.05) is 18.2 Å². The molecule has 0 saturated heterocycles. The van der Waals surface area contributed by atoms with Crippen molar-refractivity contribution in [3.63, 3.8) is 0 Å². The molecule has 0 spiro atoms. The molecule has 0 saturated carbocycles. The zero-order chi connectivity index (χ0) is 21.6. The quantitative estimate of drug-likeness (QED) is 0.276. The molecule has 0 radical (unpaired) electrons. The van der Waals surface area contributed by atoms with Crippen molar-refractivity contribution in [1.82, 2.24) is 4.57 Å². The van der Waals surface area contributed by atoms with Crippen LogP contribution in [0.1, 0.15) is 5.56 Å². The van der Waals surface area contributed by atoms with Crippen LogP contribution >= 0.6 is 0 Å². The highest BCUT2D eigenvalue weighted by Gasteiger charge is 2.27. The molecule has 4 heteroatoms. The Hall–Kier alpha value is -4.05. The number of nitrogens with zero attached hydrogens (tertiary/aromatic N) is 2. The Morgan fingerprint density at radius 3 is 2.34 bits per heavy atom. The summed E-state index contributed by atoms with van der Waals surface area (Å²) >= 11 is 0. The van der Waals surface area contributed by atoms with Crippen molar-refractivity contribution < 1.29 is 13.4 Å². The lowest BCUT2D eigenvalue weighted by atomic mass is 10.0. The highest BCUT2D eigenvalue weighted by Crippen LogP contribution is 2.42. The Balaban J connectivity index is 1.67. The SMILES string of the molecule is Cc1ccc2c(oc3c2ccc2oc4ccccc4c23)c1-c1n(C)c2ccccc2[n+]1C. The topological polar surface area (TPSA) is 35.1 Å². The Bertz CT molecular complexity index is 1820. The van der Waals surface area contributed by atoms with Crippen LogP contribution < -0.4 is 4.57 Å². The predicted octanol–water partition coefficient (Wildman–Crippen LogP) is 6.78. The molecule has 0 unspecified atom stereocenters. The minimum absolute atomic E-state index is 0.853. The number of benzene rings is 4. The van der Waals surface area contributed by atoms with Crippen molar-refractivity contribution in [1.29, 1.82) is 0 Å². The summed E-state index contributed by atoms with van der Waals surface area (Å²) < 4.78 is 17.3. The molecule has 7 aromatic rings. The van der Waals surface area contributed by atoms with Gasteiger partial charge >= 0.3 is 0 Å². The number of furan rings is 2. The third kappa shape index (κ3) is 2.09. The number of para-hydroxylation sites is 3. The van der Waals surface area contributed by atoms with Crippen molar-refractivity contribution in [3.8, 4) is 11.4 Å². The molecule has 0 aliphatic heterocycles. The van der Waals surface area contributed by atoms with E-state index < -0.39 is 0 Å². The molecule has 0 bridgehead atoms. The molecule has 32 heavy (non-hydrogen) atoms. The maximum Gasteiger partial charge on any atom is 0.293 e. The van der Waals surface area contributed by atoms with E-state index in [2.05, 4.69) is 84.8 Å². The van der Waals surface area contributed by atoms with Gasteiger partial charge in [0.2, 0.25) is 0 Å². The summed E-state index contributed by atoms with van der Waals surface area (Å²) in [4.78, 5) is 0. The van der Waals surface area contributed by atoms with E-state index in [0.717, 1.165) is 55.3 Å². The van der Waals surface area contributed by atoms with Crippen LogP contribution in [0.2, 0.25) is 0 Å². The second-order valence-electron chi connectivity index (χ2n) is 8.58. The molecule has 0 atom stereocenters. The van der Waals surface area contributed by atoms with Gasteiger partial charge in [-0.3, -0.25) is 0 Å². The van der Waals surface area contributed by atoms with Crippen molar-refractivity contribution in [2.75, 3.05) is 0 Å². The molecule has 3 heterocycles. The van der Waals surface area contributed by atoms with Gasteiger partial charge in [-0.15, -0.1) is 0 Å². The normalized spacial score (nSPS) is 12.2. The van der Waals surface area contributed by atoms with E-state index in [-0.39, 0.29) is 0 Å². The van der Waals surface area contributed by atoms with Gasteiger partial charge in [-0.25, -0.2) is 9.13 Å². The minimum Gasteiger partial charge on any atom is -0.456 e. The molecule has 154 valence electrons. The monoisotopic (exact) mass is 417 g/mol. The molecule has 0 aliphatic carbocycles. The first kappa shape index (κ1) is 17.6. The standard InChI is InChI=1S/C28H21N2O2/c1-16-12-13-17-18-14-15-23-25(19-8-4-7-11-22(19)31-23)27(18)32-26(17)24(16)28-29(2)20-9-5-6-10-21(20)30(28)3/h4-15H,1-3H3/q+1. The van der Waals surface area contributed by atoms with E-state index in [0.29, 0.717) is 0 Å². The number of rotatable bonds is 1. The smallest absolute Gasteiger partial charge is 0.293 e. The van der Waals surface area contributed by atoms with Crippen LogP contribution in [0.25, 0.3) is 66.3 Å². The van der Waals surface area contributed by atoms with Crippen molar-refractivity contribution in [3.05, 3.63) is 78.4 Å². The minimum atomic E-state index is 0.853. The van der Waals surface area contributed by atoms with Gasteiger partial charge in [0.1, 0.15) is 22.3 Å². The molecular weight excluding hydrogens is 396 g/mol. The van der Waals surface area contributed by atoms with Crippen LogP contribution in [0.15, 0.2) is 81.6 Å². The summed E-state index contributed by atoms with van der Waals surface area (Å²) in [6.45, 7) is 2.16. The first-order valence-corrected chi connectivity index (χ1v) is 10.8. The predicted molar refractivity (Wildman–Crippen MR) is 129 cm³/mol. The molecule has 4 aromatic carbocycles. The van der Waals surface area contributed by atoms with Crippen molar-refractivity contribution in [2.24, 2.45) is 14.1 Å². The molecule has 0 aliphatic rings. The van der Waals surface area contributed by atoms with Gasteiger partial charge in [-0.2, -0.15) is 0 Å². The molecule has 0 fully saturated rings. The third-order valence-corrected chi connectivity index (χ3v) is 6.82. The lowest BCUT2D eigenvalue weighted by Gasteiger charge is -2.04. The maximum atomic E-state index is 6.72. The Morgan fingerprint density at radius 1 is 0.719 bits per heavy atom. The summed E-state index contributed by atoms with van der Waals surface area (Å²) in [6, 6.07) is 25.2. The van der Waals surface area contributed by atoms with Crippen LogP contribution in [0, 0.1) is 6.92 Å². The zero-order valence-electron chi connectivity index (χ0n) is 18.1. The summed E-state index contributed by atoms with van der Waals surface area (Å²) in [5.41, 5.74) is 8.24. The first-order valence-electron chi connectivity index (χ1n) is 10.8. The average Bonchev–Trinajstić information content (AvgIpc) is 3.45. The zero-order valence-corrected chi connectivity index (χ0v) is 18.1. The second-order valence-corrected chi connectivity index (χ2v) is 8.58. The molecule has 3 aromatic heterocycles. The number of aromatic nitrogens is 2.